The fourth-order valence-corrected chi connectivity index (χ4v) is 2.68. The van der Waals surface area contributed by atoms with E-state index < -0.39 is 11.8 Å². The van der Waals surface area contributed by atoms with Crippen LogP contribution >= 0.6 is 11.6 Å². The highest BCUT2D eigenvalue weighted by Crippen LogP contribution is 2.24. The Morgan fingerprint density at radius 3 is 2.57 bits per heavy atom. The minimum absolute atomic E-state index is 0.000992. The Morgan fingerprint density at radius 2 is 2.00 bits per heavy atom. The molecule has 1 aromatic carbocycles. The lowest BCUT2D eigenvalue weighted by molar-refractivity contribution is -0.137. The molecule has 0 aromatic heterocycles. The van der Waals surface area contributed by atoms with Gasteiger partial charge in [-0.3, -0.25) is 9.59 Å². The molecule has 4 nitrogen and oxygen atoms in total. The average molecular weight is 314 g/mol. The molecular formula is C15H17ClFNO3. The minimum Gasteiger partial charge on any atom is -0.481 e. The number of nitrogens with zero attached hydrogens (tertiary/aromatic N) is 1. The molecule has 1 heterocycles. The van der Waals surface area contributed by atoms with Crippen molar-refractivity contribution in [2.75, 3.05) is 13.1 Å². The van der Waals surface area contributed by atoms with E-state index >= 15 is 0 Å². The number of hydrogen-bond acceptors (Lipinski definition) is 2. The maximum Gasteiger partial charge on any atom is 0.303 e. The number of likely N-dealkylation sites (tertiary alicyclic amines) is 1. The van der Waals surface area contributed by atoms with Crippen molar-refractivity contribution in [1.82, 2.24) is 4.90 Å². The Hall–Kier alpha value is -1.62. The van der Waals surface area contributed by atoms with Gasteiger partial charge in [-0.1, -0.05) is 11.6 Å². The number of piperidine rings is 1. The summed E-state index contributed by atoms with van der Waals surface area (Å²) in [4.78, 5) is 24.5. The zero-order chi connectivity index (χ0) is 15.4. The number of rotatable bonds is 4. The van der Waals surface area contributed by atoms with Crippen LogP contribution in [-0.4, -0.2) is 35.0 Å². The summed E-state index contributed by atoms with van der Waals surface area (Å²) in [6.07, 6.45) is 2.39. The van der Waals surface area contributed by atoms with Crippen molar-refractivity contribution in [3.05, 3.63) is 34.6 Å². The van der Waals surface area contributed by atoms with Crippen molar-refractivity contribution in [1.29, 1.82) is 0 Å². The molecule has 2 rings (SSSR count). The number of carbonyl (C=O) groups excluding carboxylic acids is 1. The lowest BCUT2D eigenvalue weighted by Gasteiger charge is -2.32. The summed E-state index contributed by atoms with van der Waals surface area (Å²) < 4.78 is 13.4. The first-order valence-electron chi connectivity index (χ1n) is 6.93. The quantitative estimate of drug-likeness (QED) is 0.928. The van der Waals surface area contributed by atoms with E-state index in [0.29, 0.717) is 31.0 Å². The molecule has 0 bridgehead atoms. The number of carboxylic acids is 1. The standard InChI is InChI=1S/C15H17ClFNO3/c16-12-3-2-11(9-13(12)17)15(21)18-7-5-10(6-8-18)1-4-14(19)20/h2-3,9-10H,1,4-8H2,(H,19,20). The van der Waals surface area contributed by atoms with Crippen LogP contribution in [-0.2, 0) is 4.79 Å². The topological polar surface area (TPSA) is 57.6 Å². The van der Waals surface area contributed by atoms with E-state index in [-0.39, 0.29) is 17.4 Å². The fraction of sp³-hybridized carbons (Fsp3) is 0.467. The lowest BCUT2D eigenvalue weighted by atomic mass is 9.92. The van der Waals surface area contributed by atoms with E-state index in [1.807, 2.05) is 0 Å². The number of aliphatic carboxylic acids is 1. The molecule has 1 amide bonds. The van der Waals surface area contributed by atoms with Crippen molar-refractivity contribution in [2.24, 2.45) is 5.92 Å². The van der Waals surface area contributed by atoms with Crippen molar-refractivity contribution >= 4 is 23.5 Å². The first-order valence-corrected chi connectivity index (χ1v) is 7.31. The van der Waals surface area contributed by atoms with Gasteiger partial charge in [0, 0.05) is 25.1 Å². The maximum absolute atomic E-state index is 13.4. The summed E-state index contributed by atoms with van der Waals surface area (Å²) in [6, 6.07) is 4.05. The Bertz CT molecular complexity index is 542. The van der Waals surface area contributed by atoms with Crippen molar-refractivity contribution < 1.29 is 19.1 Å². The molecule has 0 radical (unpaired) electrons. The summed E-state index contributed by atoms with van der Waals surface area (Å²) in [5.74, 6) is -1.25. The van der Waals surface area contributed by atoms with E-state index in [2.05, 4.69) is 0 Å². The number of carbonyl (C=O) groups is 2. The summed E-state index contributed by atoms with van der Waals surface area (Å²) in [5, 5.41) is 8.67. The van der Waals surface area contributed by atoms with Gasteiger partial charge in [0.05, 0.1) is 5.02 Å². The van der Waals surface area contributed by atoms with Gasteiger partial charge in [0.1, 0.15) is 5.82 Å². The number of amides is 1. The Morgan fingerprint density at radius 1 is 1.33 bits per heavy atom. The van der Waals surface area contributed by atoms with Gasteiger partial charge in [-0.05, 0) is 43.4 Å². The van der Waals surface area contributed by atoms with Crippen LogP contribution in [0.1, 0.15) is 36.0 Å². The first-order chi connectivity index (χ1) is 9.97. The highest BCUT2D eigenvalue weighted by molar-refractivity contribution is 6.30. The summed E-state index contributed by atoms with van der Waals surface area (Å²) in [6.45, 7) is 1.15. The molecule has 1 N–H and O–H groups in total. The van der Waals surface area contributed by atoms with Gasteiger partial charge in [-0.25, -0.2) is 4.39 Å². The maximum atomic E-state index is 13.4. The number of hydrogen-bond donors (Lipinski definition) is 1. The Kier molecular flexibility index (Phi) is 5.17. The highest BCUT2D eigenvalue weighted by Gasteiger charge is 2.24. The summed E-state index contributed by atoms with van der Waals surface area (Å²) in [5.41, 5.74) is 0.292. The molecule has 0 spiro atoms. The van der Waals surface area contributed by atoms with Crippen LogP contribution < -0.4 is 0 Å². The Labute approximate surface area is 127 Å². The zero-order valence-electron chi connectivity index (χ0n) is 11.5. The average Bonchev–Trinajstić information content (AvgIpc) is 2.48. The van der Waals surface area contributed by atoms with Crippen LogP contribution in [0.3, 0.4) is 0 Å². The SMILES string of the molecule is O=C(O)CCC1CCN(C(=O)c2ccc(Cl)c(F)c2)CC1. The van der Waals surface area contributed by atoms with Crippen LogP contribution in [0, 0.1) is 11.7 Å². The second kappa shape index (κ2) is 6.89. The van der Waals surface area contributed by atoms with Gasteiger partial charge in [0.25, 0.3) is 5.91 Å². The van der Waals surface area contributed by atoms with E-state index in [4.69, 9.17) is 16.7 Å². The van der Waals surface area contributed by atoms with Crippen LogP contribution in [0.25, 0.3) is 0 Å². The van der Waals surface area contributed by atoms with Crippen molar-refractivity contribution in [3.63, 3.8) is 0 Å². The van der Waals surface area contributed by atoms with E-state index in [1.165, 1.54) is 12.1 Å². The molecule has 1 saturated heterocycles. The second-order valence-corrected chi connectivity index (χ2v) is 5.70. The molecule has 0 unspecified atom stereocenters. The fourth-order valence-electron chi connectivity index (χ4n) is 2.56. The van der Waals surface area contributed by atoms with Gasteiger partial charge >= 0.3 is 5.97 Å². The number of halogens is 2. The normalized spacial score (nSPS) is 16.0. The summed E-state index contributed by atoms with van der Waals surface area (Å²) >= 11 is 5.60. The first kappa shape index (κ1) is 15.8. The zero-order valence-corrected chi connectivity index (χ0v) is 12.3. The second-order valence-electron chi connectivity index (χ2n) is 5.30. The predicted molar refractivity (Wildman–Crippen MR) is 76.9 cm³/mol. The monoisotopic (exact) mass is 313 g/mol. The molecule has 1 aliphatic heterocycles. The van der Waals surface area contributed by atoms with Gasteiger partial charge in [0.2, 0.25) is 0 Å². The lowest BCUT2D eigenvalue weighted by Crippen LogP contribution is -2.38. The summed E-state index contributed by atoms with van der Waals surface area (Å²) in [7, 11) is 0. The van der Waals surface area contributed by atoms with Gasteiger partial charge in [-0.15, -0.1) is 0 Å². The highest BCUT2D eigenvalue weighted by atomic mass is 35.5. The van der Waals surface area contributed by atoms with Crippen LogP contribution in [0.5, 0.6) is 0 Å². The smallest absolute Gasteiger partial charge is 0.303 e. The van der Waals surface area contributed by atoms with Gasteiger partial charge in [0.15, 0.2) is 0 Å². The molecule has 0 aliphatic carbocycles. The number of carboxylic acid groups (broad SMARTS) is 1. The van der Waals surface area contributed by atoms with Crippen LogP contribution in [0.4, 0.5) is 4.39 Å². The van der Waals surface area contributed by atoms with Gasteiger partial charge < -0.3 is 10.0 Å². The third kappa shape index (κ3) is 4.17. The minimum atomic E-state index is -0.787. The van der Waals surface area contributed by atoms with Gasteiger partial charge in [-0.2, -0.15) is 0 Å². The molecular weight excluding hydrogens is 297 g/mol. The number of benzene rings is 1. The van der Waals surface area contributed by atoms with Crippen molar-refractivity contribution in [2.45, 2.75) is 25.7 Å². The largest absolute Gasteiger partial charge is 0.481 e. The Balaban J connectivity index is 1.90. The third-order valence-corrected chi connectivity index (χ3v) is 4.14. The third-order valence-electron chi connectivity index (χ3n) is 3.83. The van der Waals surface area contributed by atoms with E-state index in [9.17, 15) is 14.0 Å². The van der Waals surface area contributed by atoms with E-state index in [1.54, 1.807) is 4.90 Å². The van der Waals surface area contributed by atoms with Crippen LogP contribution in [0.15, 0.2) is 18.2 Å². The predicted octanol–water partition coefficient (Wildman–Crippen LogP) is 3.20. The molecule has 0 saturated carbocycles. The van der Waals surface area contributed by atoms with Crippen molar-refractivity contribution in [3.8, 4) is 0 Å². The molecule has 1 aromatic rings. The molecule has 21 heavy (non-hydrogen) atoms. The molecule has 114 valence electrons. The molecule has 6 heteroatoms. The molecule has 0 atom stereocenters. The van der Waals surface area contributed by atoms with Crippen LogP contribution in [0.2, 0.25) is 5.02 Å². The molecule has 1 fully saturated rings. The molecule has 1 aliphatic rings. The van der Waals surface area contributed by atoms with E-state index in [0.717, 1.165) is 18.9 Å².